The summed E-state index contributed by atoms with van der Waals surface area (Å²) in [5, 5.41) is 0. The van der Waals surface area contributed by atoms with Crippen molar-refractivity contribution >= 4 is 0 Å². The van der Waals surface area contributed by atoms with Crippen molar-refractivity contribution in [1.82, 2.24) is 9.80 Å². The van der Waals surface area contributed by atoms with Crippen LogP contribution in [0.3, 0.4) is 0 Å². The second-order valence-electron chi connectivity index (χ2n) is 4.79. The predicted molar refractivity (Wildman–Crippen MR) is 63.1 cm³/mol. The van der Waals surface area contributed by atoms with Crippen molar-refractivity contribution in [2.75, 3.05) is 33.2 Å². The summed E-state index contributed by atoms with van der Waals surface area (Å²) in [5.74, 6) is 0. The molecule has 0 aromatic heterocycles. The van der Waals surface area contributed by atoms with Gasteiger partial charge in [0.05, 0.1) is 6.42 Å². The van der Waals surface area contributed by atoms with E-state index in [2.05, 4.69) is 11.9 Å². The average molecular weight is 252 g/mol. The zero-order valence-electron chi connectivity index (χ0n) is 11.0. The largest absolute Gasteiger partial charge is 0.390 e. The monoisotopic (exact) mass is 252 g/mol. The van der Waals surface area contributed by atoms with Gasteiger partial charge < -0.3 is 0 Å². The number of alkyl halides is 3. The van der Waals surface area contributed by atoms with E-state index in [4.69, 9.17) is 0 Å². The van der Waals surface area contributed by atoms with E-state index in [0.29, 0.717) is 0 Å². The van der Waals surface area contributed by atoms with Crippen LogP contribution in [0, 0.1) is 0 Å². The summed E-state index contributed by atoms with van der Waals surface area (Å²) in [6.45, 7) is 6.66. The van der Waals surface area contributed by atoms with Crippen molar-refractivity contribution in [1.29, 1.82) is 0 Å². The maximum atomic E-state index is 12.1. The van der Waals surface area contributed by atoms with Crippen LogP contribution in [0.4, 0.5) is 13.2 Å². The molecule has 1 saturated carbocycles. The minimum atomic E-state index is -4.01. The molecule has 0 atom stereocenters. The summed E-state index contributed by atoms with van der Waals surface area (Å²) in [6, 6.07) is 0. The second kappa shape index (κ2) is 5.57. The Kier molecular flexibility index (Phi) is 4.84. The minimum absolute atomic E-state index is 0.166. The zero-order chi connectivity index (χ0) is 13.1. The Hall–Kier alpha value is -0.290. The molecule has 5 heteroatoms. The van der Waals surface area contributed by atoms with Gasteiger partial charge in [-0.25, -0.2) is 0 Å². The van der Waals surface area contributed by atoms with Gasteiger partial charge in [-0.2, -0.15) is 13.2 Å². The molecule has 0 bridgehead atoms. The standard InChI is InChI=1S/C10H17F3N2.C2H6/c1-14-6-7-15(5-4-10(11,12)13)8-9(14)2-3-9;1-2/h2-8H2,1H3;1-2H3. The summed E-state index contributed by atoms with van der Waals surface area (Å²) in [6.07, 6.45) is -2.40. The lowest BCUT2D eigenvalue weighted by atomic mass is 10.1. The van der Waals surface area contributed by atoms with E-state index < -0.39 is 12.6 Å². The summed E-state index contributed by atoms with van der Waals surface area (Å²) in [4.78, 5) is 4.26. The first-order valence-corrected chi connectivity index (χ1v) is 6.42. The fourth-order valence-corrected chi connectivity index (χ4v) is 2.30. The zero-order valence-corrected chi connectivity index (χ0v) is 11.0. The first-order valence-electron chi connectivity index (χ1n) is 6.42. The highest BCUT2D eigenvalue weighted by molar-refractivity contribution is 5.07. The van der Waals surface area contributed by atoms with Crippen LogP contribution in [-0.4, -0.2) is 54.7 Å². The SMILES string of the molecule is CC.CN1CCN(CCC(F)(F)F)CC12CC2. The molecule has 17 heavy (non-hydrogen) atoms. The molecule has 1 spiro atoms. The van der Waals surface area contributed by atoms with Gasteiger partial charge in [-0.3, -0.25) is 9.80 Å². The minimum Gasteiger partial charge on any atom is -0.300 e. The van der Waals surface area contributed by atoms with E-state index in [1.165, 1.54) is 0 Å². The number of hydrogen-bond acceptors (Lipinski definition) is 2. The molecule has 2 fully saturated rings. The quantitative estimate of drug-likeness (QED) is 0.745. The number of piperazine rings is 1. The third-order valence-corrected chi connectivity index (χ3v) is 3.62. The van der Waals surface area contributed by atoms with Crippen molar-refractivity contribution in [3.05, 3.63) is 0 Å². The van der Waals surface area contributed by atoms with Crippen molar-refractivity contribution < 1.29 is 13.2 Å². The maximum Gasteiger partial charge on any atom is 0.390 e. The summed E-state index contributed by atoms with van der Waals surface area (Å²) >= 11 is 0. The lowest BCUT2D eigenvalue weighted by molar-refractivity contribution is -0.139. The third kappa shape index (κ3) is 4.14. The molecule has 1 saturated heterocycles. The maximum absolute atomic E-state index is 12.1. The van der Waals surface area contributed by atoms with Gasteiger partial charge in [-0.05, 0) is 19.9 Å². The van der Waals surface area contributed by atoms with Crippen molar-refractivity contribution in [3.63, 3.8) is 0 Å². The van der Waals surface area contributed by atoms with Gasteiger partial charge in [0.15, 0.2) is 0 Å². The number of halogens is 3. The highest BCUT2D eigenvalue weighted by Gasteiger charge is 2.49. The lowest BCUT2D eigenvalue weighted by Crippen LogP contribution is -2.53. The van der Waals surface area contributed by atoms with E-state index in [1.54, 1.807) is 0 Å². The average Bonchev–Trinajstić information content (AvgIpc) is 3.03. The number of hydrogen-bond donors (Lipinski definition) is 0. The Labute approximate surface area is 102 Å². The molecule has 1 aliphatic carbocycles. The fraction of sp³-hybridized carbons (Fsp3) is 1.00. The highest BCUT2D eigenvalue weighted by atomic mass is 19.4. The van der Waals surface area contributed by atoms with Gasteiger partial charge in [0.25, 0.3) is 0 Å². The fourth-order valence-electron chi connectivity index (χ4n) is 2.30. The van der Waals surface area contributed by atoms with Crippen molar-refractivity contribution in [3.8, 4) is 0 Å². The molecule has 0 N–H and O–H groups in total. The van der Waals surface area contributed by atoms with Crippen LogP contribution in [0.15, 0.2) is 0 Å². The molecule has 1 aliphatic heterocycles. The van der Waals surface area contributed by atoms with E-state index >= 15 is 0 Å². The number of rotatable bonds is 2. The summed E-state index contributed by atoms with van der Waals surface area (Å²) in [5.41, 5.74) is 0.226. The van der Waals surface area contributed by atoms with Crippen molar-refractivity contribution in [2.45, 2.75) is 44.8 Å². The predicted octanol–water partition coefficient (Wildman–Crippen LogP) is 2.75. The van der Waals surface area contributed by atoms with Crippen LogP contribution in [0.5, 0.6) is 0 Å². The molecule has 2 rings (SSSR count). The van der Waals surface area contributed by atoms with Gasteiger partial charge >= 0.3 is 6.18 Å². The van der Waals surface area contributed by atoms with Gasteiger partial charge in [-0.1, -0.05) is 13.8 Å². The van der Waals surface area contributed by atoms with Gasteiger partial charge in [-0.15, -0.1) is 0 Å². The first kappa shape index (κ1) is 14.8. The summed E-state index contributed by atoms with van der Waals surface area (Å²) < 4.78 is 36.2. The Bertz CT molecular complexity index is 236. The third-order valence-electron chi connectivity index (χ3n) is 3.62. The van der Waals surface area contributed by atoms with Crippen LogP contribution in [0.1, 0.15) is 33.1 Å². The van der Waals surface area contributed by atoms with E-state index in [1.807, 2.05) is 18.7 Å². The van der Waals surface area contributed by atoms with Crippen LogP contribution in [0.25, 0.3) is 0 Å². The molecule has 2 aliphatic rings. The molecule has 1 heterocycles. The molecule has 2 nitrogen and oxygen atoms in total. The van der Waals surface area contributed by atoms with E-state index in [-0.39, 0.29) is 12.1 Å². The molecule has 0 aromatic carbocycles. The molecule has 0 radical (unpaired) electrons. The van der Waals surface area contributed by atoms with Crippen molar-refractivity contribution in [2.24, 2.45) is 0 Å². The van der Waals surface area contributed by atoms with E-state index in [0.717, 1.165) is 32.5 Å². The Balaban J connectivity index is 0.000000686. The van der Waals surface area contributed by atoms with Crippen LogP contribution < -0.4 is 0 Å². The van der Waals surface area contributed by atoms with Crippen LogP contribution in [0.2, 0.25) is 0 Å². The normalized spacial score (nSPS) is 24.4. The van der Waals surface area contributed by atoms with Crippen LogP contribution >= 0.6 is 0 Å². The first-order chi connectivity index (χ1) is 7.91. The highest BCUT2D eigenvalue weighted by Crippen LogP contribution is 2.43. The topological polar surface area (TPSA) is 6.48 Å². The number of nitrogens with zero attached hydrogens (tertiary/aromatic N) is 2. The summed E-state index contributed by atoms with van der Waals surface area (Å²) in [7, 11) is 2.08. The molecule has 102 valence electrons. The second-order valence-corrected chi connectivity index (χ2v) is 4.79. The molecule has 0 aromatic rings. The molecule has 0 unspecified atom stereocenters. The molecular weight excluding hydrogens is 229 g/mol. The molecule has 0 amide bonds. The van der Waals surface area contributed by atoms with Gasteiger partial charge in [0.1, 0.15) is 0 Å². The van der Waals surface area contributed by atoms with Gasteiger partial charge in [0, 0.05) is 31.7 Å². The Morgan fingerprint density at radius 3 is 2.18 bits per heavy atom. The smallest absolute Gasteiger partial charge is 0.300 e. The van der Waals surface area contributed by atoms with Gasteiger partial charge in [0.2, 0.25) is 0 Å². The Morgan fingerprint density at radius 2 is 1.71 bits per heavy atom. The lowest BCUT2D eigenvalue weighted by Gasteiger charge is -2.40. The Morgan fingerprint density at radius 1 is 1.12 bits per heavy atom. The van der Waals surface area contributed by atoms with E-state index in [9.17, 15) is 13.2 Å². The van der Waals surface area contributed by atoms with Crippen LogP contribution in [-0.2, 0) is 0 Å². The number of likely N-dealkylation sites (N-methyl/N-ethyl adjacent to an activating group) is 1. The molecular formula is C12H23F3N2.